The number of ether oxygens (including phenoxy) is 1. The molecule has 1 aromatic rings. The molecule has 1 aliphatic rings. The van der Waals surface area contributed by atoms with Crippen molar-refractivity contribution in [3.8, 4) is 5.75 Å². The summed E-state index contributed by atoms with van der Waals surface area (Å²) >= 11 is 6.14. The third kappa shape index (κ3) is 3.37. The topological polar surface area (TPSA) is 38.5 Å². The van der Waals surface area contributed by atoms with Gasteiger partial charge in [0.2, 0.25) is 0 Å². The molecule has 2 rings (SSSR count). The van der Waals surface area contributed by atoms with Gasteiger partial charge in [0.1, 0.15) is 5.75 Å². The monoisotopic (exact) mass is 268 g/mol. The highest BCUT2D eigenvalue weighted by molar-refractivity contribution is 6.32. The van der Waals surface area contributed by atoms with Gasteiger partial charge in [-0.3, -0.25) is 4.90 Å². The number of hydrogen-bond acceptors (Lipinski definition) is 3. The predicted octanol–water partition coefficient (Wildman–Crippen LogP) is 2.52. The summed E-state index contributed by atoms with van der Waals surface area (Å²) in [6.45, 7) is 5.24. The molecule has 4 heteroatoms. The predicted molar refractivity (Wildman–Crippen MR) is 75.0 cm³/mol. The van der Waals surface area contributed by atoms with E-state index in [0.717, 1.165) is 31.8 Å². The van der Waals surface area contributed by atoms with Crippen molar-refractivity contribution in [3.63, 3.8) is 0 Å². The van der Waals surface area contributed by atoms with E-state index in [-0.39, 0.29) is 0 Å². The Labute approximate surface area is 114 Å². The second kappa shape index (κ2) is 5.91. The Bertz CT molecular complexity index is 401. The summed E-state index contributed by atoms with van der Waals surface area (Å²) in [6.07, 6.45) is 1.12. The first-order valence-electron chi connectivity index (χ1n) is 6.39. The average Bonchev–Trinajstić information content (AvgIpc) is 2.27. The van der Waals surface area contributed by atoms with Crippen LogP contribution in [-0.4, -0.2) is 31.1 Å². The summed E-state index contributed by atoms with van der Waals surface area (Å²) in [5.74, 6) is 1.40. The third-order valence-electron chi connectivity index (χ3n) is 3.39. The highest BCUT2D eigenvalue weighted by atomic mass is 35.5. The SMILES string of the molecule is COc1ccc(CN2CC(C)CC(N)C2)cc1Cl. The van der Waals surface area contributed by atoms with Gasteiger partial charge in [0.15, 0.2) is 0 Å². The van der Waals surface area contributed by atoms with Crippen molar-refractivity contribution in [2.75, 3.05) is 20.2 Å². The van der Waals surface area contributed by atoms with Gasteiger partial charge in [-0.15, -0.1) is 0 Å². The first-order valence-corrected chi connectivity index (χ1v) is 6.76. The molecule has 0 aromatic heterocycles. The lowest BCUT2D eigenvalue weighted by atomic mass is 9.96. The van der Waals surface area contributed by atoms with Crippen molar-refractivity contribution in [2.24, 2.45) is 11.7 Å². The van der Waals surface area contributed by atoms with Crippen molar-refractivity contribution in [1.29, 1.82) is 0 Å². The van der Waals surface area contributed by atoms with Crippen LogP contribution in [0.2, 0.25) is 5.02 Å². The number of rotatable bonds is 3. The maximum Gasteiger partial charge on any atom is 0.137 e. The second-order valence-electron chi connectivity index (χ2n) is 5.26. The van der Waals surface area contributed by atoms with E-state index < -0.39 is 0 Å². The zero-order valence-corrected chi connectivity index (χ0v) is 11.8. The Balaban J connectivity index is 2.02. The average molecular weight is 269 g/mol. The van der Waals surface area contributed by atoms with Gasteiger partial charge in [0, 0.05) is 25.7 Å². The van der Waals surface area contributed by atoms with Gasteiger partial charge in [-0.05, 0) is 30.0 Å². The fourth-order valence-corrected chi connectivity index (χ4v) is 2.99. The standard InChI is InChI=1S/C14H21ClN2O/c1-10-5-12(16)9-17(7-10)8-11-3-4-14(18-2)13(15)6-11/h3-4,6,10,12H,5,7-9,16H2,1-2H3. The smallest absolute Gasteiger partial charge is 0.137 e. The van der Waals surface area contributed by atoms with Crippen LogP contribution in [0.1, 0.15) is 18.9 Å². The van der Waals surface area contributed by atoms with E-state index in [1.165, 1.54) is 5.56 Å². The van der Waals surface area contributed by atoms with Crippen molar-refractivity contribution in [2.45, 2.75) is 25.9 Å². The van der Waals surface area contributed by atoms with E-state index in [4.69, 9.17) is 22.1 Å². The zero-order chi connectivity index (χ0) is 13.1. The van der Waals surface area contributed by atoms with Crippen LogP contribution in [0.3, 0.4) is 0 Å². The quantitative estimate of drug-likeness (QED) is 0.916. The molecule has 0 spiro atoms. The molecule has 1 fully saturated rings. The molecular formula is C14H21ClN2O. The molecule has 0 bridgehead atoms. The largest absolute Gasteiger partial charge is 0.495 e. The fourth-order valence-electron chi connectivity index (χ4n) is 2.71. The minimum absolute atomic E-state index is 0.294. The molecule has 1 heterocycles. The van der Waals surface area contributed by atoms with Crippen LogP contribution in [0.15, 0.2) is 18.2 Å². The van der Waals surface area contributed by atoms with Crippen LogP contribution in [0.4, 0.5) is 0 Å². The molecule has 3 nitrogen and oxygen atoms in total. The van der Waals surface area contributed by atoms with E-state index in [2.05, 4.69) is 17.9 Å². The fraction of sp³-hybridized carbons (Fsp3) is 0.571. The molecule has 2 atom stereocenters. The van der Waals surface area contributed by atoms with Gasteiger partial charge in [-0.2, -0.15) is 0 Å². The molecule has 1 aromatic carbocycles. The van der Waals surface area contributed by atoms with Gasteiger partial charge >= 0.3 is 0 Å². The van der Waals surface area contributed by atoms with Crippen molar-refractivity contribution >= 4 is 11.6 Å². The van der Waals surface area contributed by atoms with Gasteiger partial charge in [0.25, 0.3) is 0 Å². The highest BCUT2D eigenvalue weighted by Crippen LogP contribution is 2.26. The molecule has 0 saturated carbocycles. The van der Waals surface area contributed by atoms with Crippen LogP contribution >= 0.6 is 11.6 Å². The summed E-state index contributed by atoms with van der Waals surface area (Å²) in [5.41, 5.74) is 7.27. The van der Waals surface area contributed by atoms with Crippen LogP contribution in [-0.2, 0) is 6.54 Å². The van der Waals surface area contributed by atoms with Gasteiger partial charge in [-0.25, -0.2) is 0 Å². The maximum atomic E-state index is 6.14. The number of halogens is 1. The molecule has 2 unspecified atom stereocenters. The van der Waals surface area contributed by atoms with Crippen molar-refractivity contribution in [1.82, 2.24) is 4.90 Å². The molecule has 18 heavy (non-hydrogen) atoms. The third-order valence-corrected chi connectivity index (χ3v) is 3.69. The summed E-state index contributed by atoms with van der Waals surface area (Å²) < 4.78 is 5.16. The minimum Gasteiger partial charge on any atom is -0.495 e. The Hall–Kier alpha value is -0.770. The lowest BCUT2D eigenvalue weighted by Crippen LogP contribution is -2.45. The number of likely N-dealkylation sites (tertiary alicyclic amines) is 1. The Morgan fingerprint density at radius 2 is 2.22 bits per heavy atom. The molecule has 0 radical (unpaired) electrons. The molecule has 0 amide bonds. The molecule has 100 valence electrons. The first kappa shape index (κ1) is 13.7. The number of piperidine rings is 1. The van der Waals surface area contributed by atoms with Crippen LogP contribution in [0.25, 0.3) is 0 Å². The van der Waals surface area contributed by atoms with E-state index >= 15 is 0 Å². The highest BCUT2D eigenvalue weighted by Gasteiger charge is 2.22. The lowest BCUT2D eigenvalue weighted by molar-refractivity contribution is 0.158. The van der Waals surface area contributed by atoms with E-state index in [1.54, 1.807) is 7.11 Å². The van der Waals surface area contributed by atoms with Gasteiger partial charge < -0.3 is 10.5 Å². The van der Waals surface area contributed by atoms with E-state index in [0.29, 0.717) is 17.0 Å². The van der Waals surface area contributed by atoms with Gasteiger partial charge in [-0.1, -0.05) is 24.6 Å². The first-order chi connectivity index (χ1) is 8.58. The Morgan fingerprint density at radius 3 is 2.83 bits per heavy atom. The minimum atomic E-state index is 0.294. The second-order valence-corrected chi connectivity index (χ2v) is 5.67. The number of nitrogens with zero attached hydrogens (tertiary/aromatic N) is 1. The number of nitrogens with two attached hydrogens (primary N) is 1. The van der Waals surface area contributed by atoms with Crippen LogP contribution in [0, 0.1) is 5.92 Å². The summed E-state index contributed by atoms with van der Waals surface area (Å²) in [6, 6.07) is 6.26. The summed E-state index contributed by atoms with van der Waals surface area (Å²) in [7, 11) is 1.63. The Morgan fingerprint density at radius 1 is 1.44 bits per heavy atom. The zero-order valence-electron chi connectivity index (χ0n) is 11.0. The molecular weight excluding hydrogens is 248 g/mol. The van der Waals surface area contributed by atoms with Gasteiger partial charge in [0.05, 0.1) is 12.1 Å². The van der Waals surface area contributed by atoms with E-state index in [1.807, 2.05) is 12.1 Å². The molecule has 2 N–H and O–H groups in total. The van der Waals surface area contributed by atoms with Crippen LogP contribution in [0.5, 0.6) is 5.75 Å². The summed E-state index contributed by atoms with van der Waals surface area (Å²) in [4.78, 5) is 2.40. The van der Waals surface area contributed by atoms with Crippen molar-refractivity contribution < 1.29 is 4.74 Å². The number of benzene rings is 1. The number of hydrogen-bond donors (Lipinski definition) is 1. The van der Waals surface area contributed by atoms with Crippen molar-refractivity contribution in [3.05, 3.63) is 28.8 Å². The molecule has 0 aliphatic carbocycles. The number of methoxy groups -OCH3 is 1. The normalized spacial score (nSPS) is 25.1. The van der Waals surface area contributed by atoms with Crippen LogP contribution < -0.4 is 10.5 Å². The lowest BCUT2D eigenvalue weighted by Gasteiger charge is -2.34. The molecule has 1 saturated heterocycles. The van der Waals surface area contributed by atoms with E-state index in [9.17, 15) is 0 Å². The summed E-state index contributed by atoms with van der Waals surface area (Å²) in [5, 5.41) is 0.671. The molecule has 1 aliphatic heterocycles. The maximum absolute atomic E-state index is 6.14. The Kier molecular flexibility index (Phi) is 4.49.